The molecule has 1 N–H and O–H groups in total. The van der Waals surface area contributed by atoms with Crippen molar-refractivity contribution in [2.24, 2.45) is 0 Å². The van der Waals surface area contributed by atoms with Gasteiger partial charge in [0, 0.05) is 24.8 Å². The summed E-state index contributed by atoms with van der Waals surface area (Å²) in [6, 6.07) is 13.8. The van der Waals surface area contributed by atoms with Gasteiger partial charge in [0.2, 0.25) is 0 Å². The summed E-state index contributed by atoms with van der Waals surface area (Å²) in [5.41, 5.74) is 2.11. The number of aromatic nitrogens is 1. The Balaban J connectivity index is 1.90. The van der Waals surface area contributed by atoms with Crippen molar-refractivity contribution in [2.75, 3.05) is 6.61 Å². The summed E-state index contributed by atoms with van der Waals surface area (Å²) in [6.45, 7) is 1.74. The summed E-state index contributed by atoms with van der Waals surface area (Å²) in [4.78, 5) is 4.26. The van der Waals surface area contributed by atoms with E-state index in [1.54, 1.807) is 6.20 Å². The number of nitrogens with zero attached hydrogens (tertiary/aromatic N) is 1. The molecule has 3 nitrogen and oxygen atoms in total. The second kappa shape index (κ2) is 7.20. The van der Waals surface area contributed by atoms with Gasteiger partial charge in [0.15, 0.2) is 0 Å². The number of terminal acetylenes is 1. The number of hydrogen-bond acceptors (Lipinski definition) is 3. The number of pyridine rings is 1. The second-order valence-corrected chi connectivity index (χ2v) is 4.03. The van der Waals surface area contributed by atoms with Crippen molar-refractivity contribution in [2.45, 2.75) is 13.1 Å². The molecule has 1 aromatic heterocycles. The van der Waals surface area contributed by atoms with E-state index in [2.05, 4.69) is 16.2 Å². The third-order valence-electron chi connectivity index (χ3n) is 2.63. The van der Waals surface area contributed by atoms with E-state index in [1.165, 1.54) is 0 Å². The van der Waals surface area contributed by atoms with Crippen molar-refractivity contribution < 1.29 is 4.74 Å². The Hall–Kier alpha value is -2.31. The molecule has 96 valence electrons. The minimum Gasteiger partial charge on any atom is -0.481 e. The molecule has 19 heavy (non-hydrogen) atoms. The van der Waals surface area contributed by atoms with E-state index < -0.39 is 0 Å². The fourth-order valence-corrected chi connectivity index (χ4v) is 1.74. The molecular weight excluding hydrogens is 236 g/mol. The Kier molecular flexibility index (Phi) is 4.97. The summed E-state index contributed by atoms with van der Waals surface area (Å²) in [5, 5.41) is 3.34. The number of ether oxygens (including phenoxy) is 1. The first-order valence-electron chi connectivity index (χ1n) is 6.15. The van der Waals surface area contributed by atoms with Gasteiger partial charge < -0.3 is 10.1 Å². The lowest BCUT2D eigenvalue weighted by Crippen LogP contribution is -2.14. The average Bonchev–Trinajstić information content (AvgIpc) is 2.47. The minimum absolute atomic E-state index is 0.289. The molecule has 0 saturated heterocycles. The van der Waals surface area contributed by atoms with E-state index in [-0.39, 0.29) is 6.61 Å². The van der Waals surface area contributed by atoms with Gasteiger partial charge in [-0.1, -0.05) is 30.2 Å². The van der Waals surface area contributed by atoms with Crippen LogP contribution in [0.2, 0.25) is 0 Å². The zero-order chi connectivity index (χ0) is 13.3. The maximum Gasteiger partial charge on any atom is 0.148 e. The van der Waals surface area contributed by atoms with E-state index in [0.717, 1.165) is 30.1 Å². The summed E-state index contributed by atoms with van der Waals surface area (Å²) in [7, 11) is 0. The second-order valence-electron chi connectivity index (χ2n) is 4.03. The number of para-hydroxylation sites is 1. The van der Waals surface area contributed by atoms with Crippen LogP contribution in [-0.2, 0) is 13.1 Å². The molecule has 3 heteroatoms. The van der Waals surface area contributed by atoms with Gasteiger partial charge in [-0.2, -0.15) is 0 Å². The normalized spacial score (nSPS) is 9.84. The van der Waals surface area contributed by atoms with Crippen molar-refractivity contribution in [1.82, 2.24) is 10.3 Å². The van der Waals surface area contributed by atoms with Gasteiger partial charge in [-0.15, -0.1) is 6.42 Å². The van der Waals surface area contributed by atoms with E-state index in [1.807, 2.05) is 42.5 Å². The lowest BCUT2D eigenvalue weighted by atomic mass is 10.2. The first kappa shape index (κ1) is 13.1. The van der Waals surface area contributed by atoms with Crippen LogP contribution >= 0.6 is 0 Å². The Bertz CT molecular complexity index is 546. The molecule has 0 spiro atoms. The standard InChI is InChI=1S/C16H16N2O/c1-2-11-19-16-9-4-3-7-14(16)12-17-13-15-8-5-6-10-18-15/h1,3-10,17H,11-13H2. The average molecular weight is 252 g/mol. The lowest BCUT2D eigenvalue weighted by molar-refractivity contribution is 0.364. The third kappa shape index (κ3) is 4.13. The van der Waals surface area contributed by atoms with Crippen LogP contribution in [0.4, 0.5) is 0 Å². The van der Waals surface area contributed by atoms with Crippen molar-refractivity contribution in [1.29, 1.82) is 0 Å². The predicted octanol–water partition coefficient (Wildman–Crippen LogP) is 2.38. The Morgan fingerprint density at radius 1 is 1.11 bits per heavy atom. The molecule has 0 aliphatic carbocycles. The molecule has 1 heterocycles. The molecule has 0 fully saturated rings. The highest BCUT2D eigenvalue weighted by molar-refractivity contribution is 5.33. The van der Waals surface area contributed by atoms with Crippen LogP contribution in [0, 0.1) is 12.3 Å². The van der Waals surface area contributed by atoms with Crippen molar-refractivity contribution in [3.8, 4) is 18.1 Å². The van der Waals surface area contributed by atoms with E-state index in [4.69, 9.17) is 11.2 Å². The van der Waals surface area contributed by atoms with Crippen molar-refractivity contribution >= 4 is 0 Å². The molecule has 0 unspecified atom stereocenters. The van der Waals surface area contributed by atoms with E-state index in [9.17, 15) is 0 Å². The van der Waals surface area contributed by atoms with Gasteiger partial charge in [0.1, 0.15) is 12.4 Å². The quantitative estimate of drug-likeness (QED) is 0.801. The van der Waals surface area contributed by atoms with E-state index >= 15 is 0 Å². The lowest BCUT2D eigenvalue weighted by Gasteiger charge is -2.10. The SMILES string of the molecule is C#CCOc1ccccc1CNCc1ccccn1. The highest BCUT2D eigenvalue weighted by Crippen LogP contribution is 2.17. The molecular formula is C16H16N2O. The van der Waals surface area contributed by atoms with Crippen LogP contribution in [0.5, 0.6) is 5.75 Å². The predicted molar refractivity (Wildman–Crippen MR) is 75.6 cm³/mol. The van der Waals surface area contributed by atoms with Crippen LogP contribution in [0.1, 0.15) is 11.3 Å². The topological polar surface area (TPSA) is 34.1 Å². The van der Waals surface area contributed by atoms with Gasteiger partial charge in [-0.05, 0) is 18.2 Å². The number of benzene rings is 1. The summed E-state index contributed by atoms with van der Waals surface area (Å²) >= 11 is 0. The highest BCUT2D eigenvalue weighted by Gasteiger charge is 2.02. The maximum absolute atomic E-state index is 5.50. The Morgan fingerprint density at radius 2 is 1.95 bits per heavy atom. The van der Waals surface area contributed by atoms with Crippen LogP contribution in [0.3, 0.4) is 0 Å². The molecule has 0 saturated carbocycles. The van der Waals surface area contributed by atoms with Gasteiger partial charge in [0.25, 0.3) is 0 Å². The van der Waals surface area contributed by atoms with Gasteiger partial charge in [-0.25, -0.2) is 0 Å². The van der Waals surface area contributed by atoms with Gasteiger partial charge in [-0.3, -0.25) is 4.98 Å². The smallest absolute Gasteiger partial charge is 0.148 e. The minimum atomic E-state index is 0.289. The molecule has 0 radical (unpaired) electrons. The maximum atomic E-state index is 5.50. The van der Waals surface area contributed by atoms with Crippen LogP contribution < -0.4 is 10.1 Å². The molecule has 0 amide bonds. The fraction of sp³-hybridized carbons (Fsp3) is 0.188. The van der Waals surface area contributed by atoms with Crippen LogP contribution in [0.25, 0.3) is 0 Å². The van der Waals surface area contributed by atoms with Gasteiger partial charge >= 0.3 is 0 Å². The zero-order valence-corrected chi connectivity index (χ0v) is 10.7. The van der Waals surface area contributed by atoms with Gasteiger partial charge in [0.05, 0.1) is 5.69 Å². The fourth-order valence-electron chi connectivity index (χ4n) is 1.74. The molecule has 0 aliphatic rings. The Labute approximate surface area is 113 Å². The largest absolute Gasteiger partial charge is 0.481 e. The Morgan fingerprint density at radius 3 is 2.74 bits per heavy atom. The molecule has 2 rings (SSSR count). The summed E-state index contributed by atoms with van der Waals surface area (Å²) in [6.07, 6.45) is 7.00. The van der Waals surface area contributed by atoms with Crippen molar-refractivity contribution in [3.05, 3.63) is 59.9 Å². The molecule has 0 atom stereocenters. The highest BCUT2D eigenvalue weighted by atomic mass is 16.5. The molecule has 0 bridgehead atoms. The van der Waals surface area contributed by atoms with Crippen LogP contribution in [0.15, 0.2) is 48.7 Å². The van der Waals surface area contributed by atoms with E-state index in [0.29, 0.717) is 0 Å². The number of rotatable bonds is 6. The van der Waals surface area contributed by atoms with Crippen molar-refractivity contribution in [3.63, 3.8) is 0 Å². The monoisotopic (exact) mass is 252 g/mol. The molecule has 0 aliphatic heterocycles. The first-order chi connectivity index (χ1) is 9.40. The third-order valence-corrected chi connectivity index (χ3v) is 2.63. The molecule has 2 aromatic rings. The zero-order valence-electron chi connectivity index (χ0n) is 10.7. The molecule has 1 aromatic carbocycles. The summed E-state index contributed by atoms with van der Waals surface area (Å²) in [5.74, 6) is 3.30. The first-order valence-corrected chi connectivity index (χ1v) is 6.15. The van der Waals surface area contributed by atoms with Crippen LogP contribution in [-0.4, -0.2) is 11.6 Å². The number of nitrogens with one attached hydrogen (secondary N) is 1. The number of hydrogen-bond donors (Lipinski definition) is 1. The summed E-state index contributed by atoms with van der Waals surface area (Å²) < 4.78 is 5.50.